The Morgan fingerprint density at radius 2 is 2.04 bits per heavy atom. The van der Waals surface area contributed by atoms with Crippen molar-refractivity contribution in [1.29, 1.82) is 0 Å². The Hall–Kier alpha value is -1.34. The van der Waals surface area contributed by atoms with Gasteiger partial charge in [0, 0.05) is 18.4 Å². The molecular weight excluding hydrogens is 330 g/mol. The molecule has 0 saturated heterocycles. The molecule has 0 atom stereocenters. The van der Waals surface area contributed by atoms with Crippen LogP contribution in [0, 0.1) is 5.92 Å². The van der Waals surface area contributed by atoms with Crippen LogP contribution in [0.1, 0.15) is 46.3 Å². The highest BCUT2D eigenvalue weighted by atomic mass is 32.2. The molecule has 0 unspecified atom stereocenters. The highest BCUT2D eigenvalue weighted by Crippen LogP contribution is 2.33. The predicted octanol–water partition coefficient (Wildman–Crippen LogP) is 4.34. The van der Waals surface area contributed by atoms with Gasteiger partial charge in [0.15, 0.2) is 5.13 Å². The summed E-state index contributed by atoms with van der Waals surface area (Å²) >= 11 is 3.12. The molecule has 0 fully saturated rings. The van der Waals surface area contributed by atoms with Gasteiger partial charge in [0.1, 0.15) is 5.76 Å². The van der Waals surface area contributed by atoms with Crippen LogP contribution in [0.15, 0.2) is 21.0 Å². The minimum absolute atomic E-state index is 0.0342. The van der Waals surface area contributed by atoms with E-state index >= 15 is 0 Å². The standard InChI is InChI=1S/C16H23N3O2S2/c1-10(2)14(20)19(6)15-18-8-13(23-15)22-9-12-17-7-11(21-12)16(3,4)5/h7-8,10H,9H2,1-6H3. The molecule has 0 bridgehead atoms. The maximum atomic E-state index is 12.0. The average Bonchev–Trinajstić information content (AvgIpc) is 3.11. The predicted molar refractivity (Wildman–Crippen MR) is 95.1 cm³/mol. The van der Waals surface area contributed by atoms with Crippen molar-refractivity contribution in [1.82, 2.24) is 9.97 Å². The lowest BCUT2D eigenvalue weighted by molar-refractivity contribution is -0.121. The van der Waals surface area contributed by atoms with Gasteiger partial charge in [-0.2, -0.15) is 0 Å². The Labute approximate surface area is 145 Å². The van der Waals surface area contributed by atoms with Crippen LogP contribution in [0.5, 0.6) is 0 Å². The summed E-state index contributed by atoms with van der Waals surface area (Å²) in [6.45, 7) is 10.1. The molecule has 0 aliphatic heterocycles. The van der Waals surface area contributed by atoms with Crippen molar-refractivity contribution in [3.63, 3.8) is 0 Å². The number of aromatic nitrogens is 2. The molecule has 2 heterocycles. The molecule has 0 N–H and O–H groups in total. The van der Waals surface area contributed by atoms with E-state index < -0.39 is 0 Å². The van der Waals surface area contributed by atoms with E-state index in [1.54, 1.807) is 36.1 Å². The first-order chi connectivity index (χ1) is 10.7. The first kappa shape index (κ1) is 18.0. The van der Waals surface area contributed by atoms with Crippen LogP contribution in [0.4, 0.5) is 5.13 Å². The Morgan fingerprint density at radius 1 is 1.35 bits per heavy atom. The number of carbonyl (C=O) groups is 1. The second-order valence-electron chi connectivity index (χ2n) is 6.67. The topological polar surface area (TPSA) is 59.2 Å². The second kappa shape index (κ2) is 7.05. The first-order valence-electron chi connectivity index (χ1n) is 7.50. The molecule has 0 spiro atoms. The van der Waals surface area contributed by atoms with Crippen molar-refractivity contribution >= 4 is 34.1 Å². The zero-order chi connectivity index (χ0) is 17.2. The molecule has 126 valence electrons. The van der Waals surface area contributed by atoms with Gasteiger partial charge in [0.25, 0.3) is 0 Å². The van der Waals surface area contributed by atoms with Crippen molar-refractivity contribution in [2.24, 2.45) is 5.92 Å². The summed E-state index contributed by atoms with van der Waals surface area (Å²) < 4.78 is 6.82. The molecule has 2 aromatic rings. The van der Waals surface area contributed by atoms with E-state index in [4.69, 9.17) is 4.42 Å². The molecule has 5 nitrogen and oxygen atoms in total. The fourth-order valence-electron chi connectivity index (χ4n) is 1.81. The first-order valence-corrected chi connectivity index (χ1v) is 9.30. The van der Waals surface area contributed by atoms with Crippen LogP contribution in [-0.2, 0) is 16.0 Å². The number of rotatable bonds is 5. The summed E-state index contributed by atoms with van der Waals surface area (Å²) in [4.78, 5) is 22.3. The fraction of sp³-hybridized carbons (Fsp3) is 0.562. The number of oxazole rings is 1. The molecule has 0 aliphatic carbocycles. The highest BCUT2D eigenvalue weighted by Gasteiger charge is 2.20. The van der Waals surface area contributed by atoms with E-state index in [0.29, 0.717) is 16.8 Å². The molecule has 2 rings (SSSR count). The maximum absolute atomic E-state index is 12.0. The van der Waals surface area contributed by atoms with Gasteiger partial charge in [0.2, 0.25) is 11.8 Å². The summed E-state index contributed by atoms with van der Waals surface area (Å²) in [6, 6.07) is 0. The lowest BCUT2D eigenvalue weighted by atomic mass is 9.94. The molecule has 2 aromatic heterocycles. The molecule has 23 heavy (non-hydrogen) atoms. The molecule has 0 aromatic carbocycles. The monoisotopic (exact) mass is 353 g/mol. The summed E-state index contributed by atoms with van der Waals surface area (Å²) in [5.74, 6) is 2.28. The van der Waals surface area contributed by atoms with Crippen LogP contribution in [-0.4, -0.2) is 22.9 Å². The SMILES string of the molecule is CC(C)C(=O)N(C)c1ncc(SCc2ncc(C(C)(C)C)o2)s1. The molecule has 1 amide bonds. The zero-order valence-corrected chi connectivity index (χ0v) is 16.0. The van der Waals surface area contributed by atoms with Gasteiger partial charge >= 0.3 is 0 Å². The maximum Gasteiger partial charge on any atom is 0.231 e. The van der Waals surface area contributed by atoms with E-state index in [0.717, 1.165) is 9.97 Å². The number of nitrogens with zero attached hydrogens (tertiary/aromatic N) is 3. The highest BCUT2D eigenvalue weighted by molar-refractivity contribution is 8.00. The second-order valence-corrected chi connectivity index (χ2v) is 8.96. The van der Waals surface area contributed by atoms with Gasteiger partial charge in [-0.15, -0.1) is 11.8 Å². The summed E-state index contributed by atoms with van der Waals surface area (Å²) in [5, 5.41) is 0.717. The minimum atomic E-state index is -0.0388. The number of carbonyl (C=O) groups excluding carboxylic acids is 1. The summed E-state index contributed by atoms with van der Waals surface area (Å²) in [6.07, 6.45) is 3.59. The van der Waals surface area contributed by atoms with Crippen LogP contribution in [0.25, 0.3) is 0 Å². The van der Waals surface area contributed by atoms with Gasteiger partial charge in [-0.05, 0) is 0 Å². The van der Waals surface area contributed by atoms with Crippen molar-refractivity contribution in [3.05, 3.63) is 24.0 Å². The molecule has 0 aliphatic rings. The lowest BCUT2D eigenvalue weighted by Gasteiger charge is -2.15. The summed E-state index contributed by atoms with van der Waals surface area (Å²) in [5.41, 5.74) is -0.0342. The van der Waals surface area contributed by atoms with Crippen LogP contribution >= 0.6 is 23.1 Å². The molecular formula is C16H23N3O2S2. The number of anilines is 1. The zero-order valence-electron chi connectivity index (χ0n) is 14.4. The van der Waals surface area contributed by atoms with Crippen molar-refractivity contribution in [2.45, 2.75) is 50.0 Å². The van der Waals surface area contributed by atoms with Gasteiger partial charge in [-0.3, -0.25) is 9.69 Å². The van der Waals surface area contributed by atoms with E-state index in [1.165, 1.54) is 11.3 Å². The Morgan fingerprint density at radius 3 is 2.61 bits per heavy atom. The van der Waals surface area contributed by atoms with E-state index in [2.05, 4.69) is 30.7 Å². The van der Waals surface area contributed by atoms with Crippen molar-refractivity contribution in [3.8, 4) is 0 Å². The number of thioether (sulfide) groups is 1. The average molecular weight is 354 g/mol. The van der Waals surface area contributed by atoms with Gasteiger partial charge in [0.05, 0.1) is 22.4 Å². The fourth-order valence-corrected chi connectivity index (χ4v) is 3.59. The van der Waals surface area contributed by atoms with E-state index in [-0.39, 0.29) is 17.2 Å². The van der Waals surface area contributed by atoms with Gasteiger partial charge in [-0.1, -0.05) is 46.0 Å². The number of thiazole rings is 1. The van der Waals surface area contributed by atoms with Gasteiger partial charge < -0.3 is 4.42 Å². The number of hydrogen-bond acceptors (Lipinski definition) is 6. The molecule has 0 saturated carbocycles. The third-order valence-electron chi connectivity index (χ3n) is 3.21. The third-order valence-corrected chi connectivity index (χ3v) is 5.47. The Balaban J connectivity index is 1.97. The third kappa shape index (κ3) is 4.57. The van der Waals surface area contributed by atoms with Crippen molar-refractivity contribution in [2.75, 3.05) is 11.9 Å². The van der Waals surface area contributed by atoms with E-state index in [1.807, 2.05) is 13.8 Å². The Kier molecular flexibility index (Phi) is 5.52. The normalized spacial score (nSPS) is 12.0. The molecule has 7 heteroatoms. The molecule has 0 radical (unpaired) electrons. The lowest BCUT2D eigenvalue weighted by Crippen LogP contribution is -2.29. The largest absolute Gasteiger partial charge is 0.444 e. The van der Waals surface area contributed by atoms with Crippen LogP contribution in [0.3, 0.4) is 0 Å². The number of amides is 1. The smallest absolute Gasteiger partial charge is 0.231 e. The van der Waals surface area contributed by atoms with Crippen LogP contribution in [0.2, 0.25) is 0 Å². The van der Waals surface area contributed by atoms with Gasteiger partial charge in [-0.25, -0.2) is 9.97 Å². The van der Waals surface area contributed by atoms with E-state index in [9.17, 15) is 4.79 Å². The number of hydrogen-bond donors (Lipinski definition) is 0. The quantitative estimate of drug-likeness (QED) is 0.748. The Bertz CT molecular complexity index is 671. The summed E-state index contributed by atoms with van der Waals surface area (Å²) in [7, 11) is 1.76. The van der Waals surface area contributed by atoms with Crippen molar-refractivity contribution < 1.29 is 9.21 Å². The minimum Gasteiger partial charge on any atom is -0.444 e. The van der Waals surface area contributed by atoms with Crippen LogP contribution < -0.4 is 4.90 Å².